The van der Waals surface area contributed by atoms with Crippen LogP contribution in [0.25, 0.3) is 0 Å². The zero-order chi connectivity index (χ0) is 19.1. The Bertz CT molecular complexity index is 882. The minimum atomic E-state index is 0.0854. The Morgan fingerprint density at radius 1 is 1.11 bits per heavy atom. The van der Waals surface area contributed by atoms with Crippen LogP contribution in [-0.4, -0.2) is 10.1 Å². The van der Waals surface area contributed by atoms with Crippen LogP contribution in [0.5, 0.6) is 5.75 Å². The summed E-state index contributed by atoms with van der Waals surface area (Å²) in [5, 5.41) is 7.14. The number of aromatic nitrogens is 1. The van der Waals surface area contributed by atoms with E-state index in [2.05, 4.69) is 41.6 Å². The van der Waals surface area contributed by atoms with Crippen LogP contribution >= 0.6 is 12.2 Å². The maximum absolute atomic E-state index is 5.80. The van der Waals surface area contributed by atoms with Gasteiger partial charge in [0.1, 0.15) is 12.4 Å². The molecule has 27 heavy (non-hydrogen) atoms. The number of aryl methyl sites for hydroxylation is 1. The van der Waals surface area contributed by atoms with Gasteiger partial charge in [0.25, 0.3) is 0 Å². The van der Waals surface area contributed by atoms with Gasteiger partial charge in [-0.15, -0.1) is 0 Å². The second kappa shape index (κ2) is 9.14. The summed E-state index contributed by atoms with van der Waals surface area (Å²) in [7, 11) is 0. The number of hydrogen-bond donors (Lipinski definition) is 2. The van der Waals surface area contributed by atoms with Crippen molar-refractivity contribution in [3.05, 3.63) is 89.7 Å². The third-order valence-electron chi connectivity index (χ3n) is 4.13. The lowest BCUT2D eigenvalue weighted by Crippen LogP contribution is -2.30. The molecule has 0 radical (unpaired) electrons. The number of hydrogen-bond acceptors (Lipinski definition) is 3. The predicted molar refractivity (Wildman–Crippen MR) is 114 cm³/mol. The van der Waals surface area contributed by atoms with Gasteiger partial charge >= 0.3 is 0 Å². The topological polar surface area (TPSA) is 46.2 Å². The molecule has 4 nitrogen and oxygen atoms in total. The van der Waals surface area contributed by atoms with Crippen molar-refractivity contribution in [1.82, 2.24) is 10.3 Å². The van der Waals surface area contributed by atoms with Crippen LogP contribution < -0.4 is 15.4 Å². The molecule has 2 N–H and O–H groups in total. The highest BCUT2D eigenvalue weighted by Gasteiger charge is 2.08. The van der Waals surface area contributed by atoms with Crippen LogP contribution in [0.4, 0.5) is 5.69 Å². The van der Waals surface area contributed by atoms with Crippen molar-refractivity contribution in [2.45, 2.75) is 26.5 Å². The molecule has 0 saturated heterocycles. The standard InChI is InChI=1S/C22H23N3OS/c1-16-5-3-7-20(13-16)25-22(27)24-17(2)19-8-10-21(11-9-19)26-15-18-6-4-12-23-14-18/h3-14,17H,15H2,1-2H3,(H2,24,25,27). The van der Waals surface area contributed by atoms with Gasteiger partial charge in [0.2, 0.25) is 0 Å². The molecule has 2 aromatic carbocycles. The van der Waals surface area contributed by atoms with Gasteiger partial charge in [-0.2, -0.15) is 0 Å². The molecule has 0 amide bonds. The number of nitrogens with zero attached hydrogens (tertiary/aromatic N) is 1. The van der Waals surface area contributed by atoms with E-state index in [1.807, 2.05) is 54.7 Å². The fourth-order valence-electron chi connectivity index (χ4n) is 2.67. The zero-order valence-corrected chi connectivity index (χ0v) is 16.3. The third kappa shape index (κ3) is 5.79. The average Bonchev–Trinajstić information content (AvgIpc) is 2.67. The van der Waals surface area contributed by atoms with Gasteiger partial charge in [-0.05, 0) is 67.5 Å². The SMILES string of the molecule is Cc1cccc(NC(=S)NC(C)c2ccc(OCc3cccnc3)cc2)c1. The number of thiocarbonyl (C=S) groups is 1. The molecule has 1 atom stereocenters. The number of pyridine rings is 1. The maximum atomic E-state index is 5.80. The van der Waals surface area contributed by atoms with E-state index in [0.717, 1.165) is 22.6 Å². The molecule has 0 aliphatic heterocycles. The molecular formula is C22H23N3OS. The molecule has 0 bridgehead atoms. The van der Waals surface area contributed by atoms with Crippen LogP contribution in [0.15, 0.2) is 73.1 Å². The van der Waals surface area contributed by atoms with E-state index in [4.69, 9.17) is 17.0 Å². The van der Waals surface area contributed by atoms with Crippen LogP contribution in [0.2, 0.25) is 0 Å². The Morgan fingerprint density at radius 3 is 2.63 bits per heavy atom. The summed E-state index contributed by atoms with van der Waals surface area (Å²) in [5.74, 6) is 0.829. The second-order valence-corrected chi connectivity index (χ2v) is 6.82. The number of ether oxygens (including phenoxy) is 1. The molecule has 3 rings (SSSR count). The molecule has 0 saturated carbocycles. The summed E-state index contributed by atoms with van der Waals surface area (Å²) in [6, 6.07) is 20.2. The Labute approximate surface area is 165 Å². The summed E-state index contributed by atoms with van der Waals surface area (Å²) in [5.41, 5.74) is 4.36. The molecule has 1 heterocycles. The molecule has 138 valence electrons. The molecule has 1 aromatic heterocycles. The first-order valence-electron chi connectivity index (χ1n) is 8.86. The van der Waals surface area contributed by atoms with Crippen molar-refractivity contribution in [1.29, 1.82) is 0 Å². The van der Waals surface area contributed by atoms with Crippen molar-refractivity contribution < 1.29 is 4.74 Å². The van der Waals surface area contributed by atoms with E-state index < -0.39 is 0 Å². The van der Waals surface area contributed by atoms with E-state index >= 15 is 0 Å². The first-order chi connectivity index (χ1) is 13.1. The molecule has 0 aliphatic rings. The van der Waals surface area contributed by atoms with Crippen molar-refractivity contribution in [2.24, 2.45) is 0 Å². The summed E-state index contributed by atoms with van der Waals surface area (Å²) >= 11 is 5.42. The molecule has 0 fully saturated rings. The Hall–Kier alpha value is -2.92. The van der Waals surface area contributed by atoms with Gasteiger partial charge < -0.3 is 15.4 Å². The highest BCUT2D eigenvalue weighted by atomic mass is 32.1. The fraction of sp³-hybridized carbons (Fsp3) is 0.182. The lowest BCUT2D eigenvalue weighted by atomic mass is 10.1. The summed E-state index contributed by atoms with van der Waals surface area (Å²) < 4.78 is 5.80. The van der Waals surface area contributed by atoms with Crippen molar-refractivity contribution >= 4 is 23.0 Å². The first-order valence-corrected chi connectivity index (χ1v) is 9.27. The smallest absolute Gasteiger partial charge is 0.171 e. The number of nitrogens with one attached hydrogen (secondary N) is 2. The van der Waals surface area contributed by atoms with Gasteiger partial charge in [0, 0.05) is 23.6 Å². The fourth-order valence-corrected chi connectivity index (χ4v) is 2.97. The Morgan fingerprint density at radius 2 is 1.93 bits per heavy atom. The molecule has 5 heteroatoms. The lowest BCUT2D eigenvalue weighted by molar-refractivity contribution is 0.305. The van der Waals surface area contributed by atoms with Crippen LogP contribution in [-0.2, 0) is 6.61 Å². The quantitative estimate of drug-likeness (QED) is 0.591. The largest absolute Gasteiger partial charge is 0.489 e. The van der Waals surface area contributed by atoms with Crippen molar-refractivity contribution in [2.75, 3.05) is 5.32 Å². The van der Waals surface area contributed by atoms with Gasteiger partial charge in [0.15, 0.2) is 5.11 Å². The third-order valence-corrected chi connectivity index (χ3v) is 4.35. The Kier molecular flexibility index (Phi) is 6.39. The highest BCUT2D eigenvalue weighted by molar-refractivity contribution is 7.80. The number of anilines is 1. The molecule has 1 unspecified atom stereocenters. The van der Waals surface area contributed by atoms with Crippen LogP contribution in [0.1, 0.15) is 29.7 Å². The van der Waals surface area contributed by atoms with Gasteiger partial charge in [-0.1, -0.05) is 30.3 Å². The number of benzene rings is 2. The summed E-state index contributed by atoms with van der Waals surface area (Å²) in [4.78, 5) is 4.09. The summed E-state index contributed by atoms with van der Waals surface area (Å²) in [6.07, 6.45) is 3.56. The first kappa shape index (κ1) is 18.9. The molecule has 0 aliphatic carbocycles. The minimum absolute atomic E-state index is 0.0854. The normalized spacial score (nSPS) is 11.5. The van der Waals surface area contributed by atoms with E-state index in [-0.39, 0.29) is 6.04 Å². The van der Waals surface area contributed by atoms with E-state index in [1.54, 1.807) is 6.20 Å². The van der Waals surface area contributed by atoms with Gasteiger partial charge in [-0.3, -0.25) is 4.98 Å². The second-order valence-electron chi connectivity index (χ2n) is 6.41. The summed E-state index contributed by atoms with van der Waals surface area (Å²) in [6.45, 7) is 4.64. The zero-order valence-electron chi connectivity index (χ0n) is 15.5. The van der Waals surface area contributed by atoms with Crippen LogP contribution in [0, 0.1) is 6.92 Å². The predicted octanol–water partition coefficient (Wildman–Crippen LogP) is 5.02. The van der Waals surface area contributed by atoms with Crippen molar-refractivity contribution in [3.63, 3.8) is 0 Å². The minimum Gasteiger partial charge on any atom is -0.489 e. The monoisotopic (exact) mass is 377 g/mol. The molecule has 0 spiro atoms. The Balaban J connectivity index is 1.52. The van der Waals surface area contributed by atoms with E-state index in [0.29, 0.717) is 11.7 Å². The van der Waals surface area contributed by atoms with Crippen molar-refractivity contribution in [3.8, 4) is 5.75 Å². The lowest BCUT2D eigenvalue weighted by Gasteiger charge is -2.18. The average molecular weight is 378 g/mol. The molecule has 3 aromatic rings. The number of rotatable bonds is 6. The van der Waals surface area contributed by atoms with Gasteiger partial charge in [0.05, 0.1) is 6.04 Å². The molecular weight excluding hydrogens is 354 g/mol. The van der Waals surface area contributed by atoms with Crippen LogP contribution in [0.3, 0.4) is 0 Å². The highest BCUT2D eigenvalue weighted by Crippen LogP contribution is 2.19. The van der Waals surface area contributed by atoms with Gasteiger partial charge in [-0.25, -0.2) is 0 Å². The van der Waals surface area contributed by atoms with E-state index in [9.17, 15) is 0 Å². The van der Waals surface area contributed by atoms with E-state index in [1.165, 1.54) is 5.56 Å². The maximum Gasteiger partial charge on any atom is 0.171 e.